The van der Waals surface area contributed by atoms with Gasteiger partial charge < -0.3 is 9.47 Å². The van der Waals surface area contributed by atoms with Gasteiger partial charge in [-0.15, -0.1) is 0 Å². The number of halogens is 1. The van der Waals surface area contributed by atoms with Crippen molar-refractivity contribution in [2.75, 3.05) is 6.26 Å². The third-order valence-corrected chi connectivity index (χ3v) is 5.52. The third-order valence-electron chi connectivity index (χ3n) is 4.29. The minimum absolute atomic E-state index is 0.0301. The van der Waals surface area contributed by atoms with Gasteiger partial charge in [0, 0.05) is 24.0 Å². The van der Waals surface area contributed by atoms with Crippen LogP contribution in [0.15, 0.2) is 53.1 Å². The molecule has 0 radical (unpaired) electrons. The van der Waals surface area contributed by atoms with Crippen LogP contribution in [0.4, 0.5) is 4.39 Å². The van der Waals surface area contributed by atoms with E-state index in [-0.39, 0.29) is 16.4 Å². The average molecular weight is 390 g/mol. The largest absolute Gasteiger partial charge is 0.450 e. The molecule has 0 amide bonds. The van der Waals surface area contributed by atoms with Gasteiger partial charge in [-0.3, -0.25) is 0 Å². The van der Waals surface area contributed by atoms with Gasteiger partial charge in [0.15, 0.2) is 9.84 Å². The predicted molar refractivity (Wildman–Crippen MR) is 97.6 cm³/mol. The number of aryl methyl sites for hydroxylation is 2. The summed E-state index contributed by atoms with van der Waals surface area (Å²) < 4.78 is 48.0. The fourth-order valence-corrected chi connectivity index (χ4v) is 4.02. The van der Waals surface area contributed by atoms with Gasteiger partial charge in [-0.25, -0.2) is 17.6 Å². The summed E-state index contributed by atoms with van der Waals surface area (Å²) in [6, 6.07) is 8.79. The van der Waals surface area contributed by atoms with Gasteiger partial charge in [0.25, 0.3) is 0 Å². The van der Waals surface area contributed by atoms with Crippen molar-refractivity contribution >= 4 is 15.8 Å². The molecule has 3 rings (SSSR count). The fraction of sp³-hybridized carbons (Fsp3) is 0.250. The molecule has 5 nitrogen and oxygen atoms in total. The second-order valence-electron chi connectivity index (χ2n) is 6.36. The second-order valence-corrected chi connectivity index (χ2v) is 8.34. The highest BCUT2D eigenvalue weighted by Crippen LogP contribution is 2.34. The molecule has 0 saturated heterocycles. The molecular formula is C20H19FO5S. The Morgan fingerprint density at radius 2 is 1.96 bits per heavy atom. The fourth-order valence-electron chi connectivity index (χ4n) is 3.02. The quantitative estimate of drug-likeness (QED) is 0.729. The Kier molecular flexibility index (Phi) is 5.06. The molecule has 0 saturated carbocycles. The summed E-state index contributed by atoms with van der Waals surface area (Å²) in [4.78, 5) is 12.4. The smallest absolute Gasteiger partial charge is 0.375 e. The monoisotopic (exact) mass is 390 g/mol. The number of ether oxygens (including phenoxy) is 2. The molecule has 0 unspecified atom stereocenters. The maximum absolute atomic E-state index is 13.3. The molecule has 1 heterocycles. The van der Waals surface area contributed by atoms with E-state index >= 15 is 0 Å². The minimum atomic E-state index is -3.36. The lowest BCUT2D eigenvalue weighted by Crippen LogP contribution is -2.09. The van der Waals surface area contributed by atoms with Crippen LogP contribution >= 0.6 is 0 Å². The van der Waals surface area contributed by atoms with Crippen molar-refractivity contribution in [3.63, 3.8) is 0 Å². The van der Waals surface area contributed by atoms with Crippen molar-refractivity contribution in [3.05, 3.63) is 70.7 Å². The van der Waals surface area contributed by atoms with Crippen LogP contribution in [0.2, 0.25) is 0 Å². The van der Waals surface area contributed by atoms with E-state index in [4.69, 9.17) is 9.47 Å². The molecule has 1 aliphatic rings. The summed E-state index contributed by atoms with van der Waals surface area (Å²) in [5, 5.41) is 0. The van der Waals surface area contributed by atoms with Crippen LogP contribution < -0.4 is 4.74 Å². The number of hydrogen-bond donors (Lipinski definition) is 0. The third kappa shape index (κ3) is 4.03. The Bertz CT molecular complexity index is 1040. The standard InChI is InChI=1S/C20H19FO5S/c1-4-13-9-19(27(3,23)24)12(2)8-16(13)17-11-18(20(22)26-17)25-15-7-5-6-14(21)10-15/h5-11,17H,4H2,1-3H3/t17-/m1/s1. The van der Waals surface area contributed by atoms with Gasteiger partial charge in [-0.05, 0) is 42.7 Å². The van der Waals surface area contributed by atoms with Crippen LogP contribution in [-0.4, -0.2) is 20.6 Å². The lowest BCUT2D eigenvalue weighted by atomic mass is 9.98. The molecule has 2 aromatic carbocycles. The van der Waals surface area contributed by atoms with E-state index in [1.807, 2.05) is 6.92 Å². The van der Waals surface area contributed by atoms with Gasteiger partial charge in [0.05, 0.1) is 4.90 Å². The van der Waals surface area contributed by atoms with Gasteiger partial charge in [0.2, 0.25) is 5.76 Å². The molecule has 2 aromatic rings. The number of benzene rings is 2. The zero-order chi connectivity index (χ0) is 19.8. The molecule has 27 heavy (non-hydrogen) atoms. The topological polar surface area (TPSA) is 69.7 Å². The molecule has 0 N–H and O–H groups in total. The van der Waals surface area contributed by atoms with Crippen LogP contribution in [0.25, 0.3) is 0 Å². The van der Waals surface area contributed by atoms with Crippen LogP contribution in [0.3, 0.4) is 0 Å². The molecule has 0 aliphatic carbocycles. The van der Waals surface area contributed by atoms with Crippen molar-refractivity contribution in [1.82, 2.24) is 0 Å². The number of hydrogen-bond acceptors (Lipinski definition) is 5. The van der Waals surface area contributed by atoms with Gasteiger partial charge in [-0.1, -0.05) is 19.1 Å². The average Bonchev–Trinajstić information content (AvgIpc) is 2.94. The van der Waals surface area contributed by atoms with Crippen molar-refractivity contribution < 1.29 is 27.1 Å². The molecule has 7 heteroatoms. The van der Waals surface area contributed by atoms with E-state index in [1.54, 1.807) is 19.1 Å². The van der Waals surface area contributed by atoms with Gasteiger partial charge >= 0.3 is 5.97 Å². The maximum atomic E-state index is 13.3. The molecule has 1 aliphatic heterocycles. The Hall–Kier alpha value is -2.67. The van der Waals surface area contributed by atoms with E-state index in [9.17, 15) is 17.6 Å². The van der Waals surface area contributed by atoms with Gasteiger partial charge in [0.1, 0.15) is 17.7 Å². The molecule has 0 fully saturated rings. The van der Waals surface area contributed by atoms with E-state index in [0.717, 1.165) is 11.8 Å². The van der Waals surface area contributed by atoms with Crippen molar-refractivity contribution in [1.29, 1.82) is 0 Å². The van der Waals surface area contributed by atoms with E-state index in [0.29, 0.717) is 17.5 Å². The number of carbonyl (C=O) groups is 1. The zero-order valence-corrected chi connectivity index (χ0v) is 16.0. The number of rotatable bonds is 5. The number of carbonyl (C=O) groups excluding carboxylic acids is 1. The molecule has 142 valence electrons. The van der Waals surface area contributed by atoms with E-state index < -0.39 is 27.7 Å². The van der Waals surface area contributed by atoms with Crippen LogP contribution in [0.5, 0.6) is 5.75 Å². The lowest BCUT2D eigenvalue weighted by molar-refractivity contribution is -0.141. The SMILES string of the molecule is CCc1cc(S(C)(=O)=O)c(C)cc1[C@H]1C=C(Oc2cccc(F)c2)C(=O)O1. The highest BCUT2D eigenvalue weighted by Gasteiger charge is 2.31. The highest BCUT2D eigenvalue weighted by atomic mass is 32.2. The normalized spacial score (nSPS) is 16.8. The first kappa shape index (κ1) is 19.1. The summed E-state index contributed by atoms with van der Waals surface area (Å²) in [6.45, 7) is 3.59. The molecule has 0 spiro atoms. The summed E-state index contributed by atoms with van der Waals surface area (Å²) in [6.07, 6.45) is 2.55. The highest BCUT2D eigenvalue weighted by molar-refractivity contribution is 7.90. The summed E-state index contributed by atoms with van der Waals surface area (Å²) >= 11 is 0. The molecular weight excluding hydrogens is 371 g/mol. The first-order valence-corrected chi connectivity index (χ1v) is 10.3. The maximum Gasteiger partial charge on any atom is 0.375 e. The second kappa shape index (κ2) is 7.15. The van der Waals surface area contributed by atoms with E-state index in [1.165, 1.54) is 30.3 Å². The van der Waals surface area contributed by atoms with Crippen molar-refractivity contribution in [2.24, 2.45) is 0 Å². The zero-order valence-electron chi connectivity index (χ0n) is 15.2. The number of cyclic esters (lactones) is 1. The summed E-state index contributed by atoms with van der Waals surface area (Å²) in [5.41, 5.74) is 2.05. The van der Waals surface area contributed by atoms with Gasteiger partial charge in [-0.2, -0.15) is 0 Å². The van der Waals surface area contributed by atoms with Crippen molar-refractivity contribution in [2.45, 2.75) is 31.3 Å². The first-order valence-electron chi connectivity index (χ1n) is 8.38. The van der Waals surface area contributed by atoms with Crippen LogP contribution in [-0.2, 0) is 25.8 Å². The molecule has 0 bridgehead atoms. The predicted octanol–water partition coefficient (Wildman–Crippen LogP) is 3.66. The van der Waals surface area contributed by atoms with Crippen molar-refractivity contribution in [3.8, 4) is 5.75 Å². The Morgan fingerprint density at radius 3 is 2.59 bits per heavy atom. The molecule has 0 aromatic heterocycles. The van der Waals surface area contributed by atoms with E-state index in [2.05, 4.69) is 0 Å². The minimum Gasteiger partial charge on any atom is -0.450 e. The van der Waals surface area contributed by atoms with Crippen LogP contribution in [0.1, 0.15) is 29.7 Å². The Morgan fingerprint density at radius 1 is 1.22 bits per heavy atom. The Balaban J connectivity index is 1.96. The van der Waals surface area contributed by atoms with Crippen LogP contribution in [0, 0.1) is 12.7 Å². The number of sulfone groups is 1. The summed E-state index contributed by atoms with van der Waals surface area (Å²) in [5.74, 6) is -0.969. The number of esters is 1. The summed E-state index contributed by atoms with van der Waals surface area (Å²) in [7, 11) is -3.36. The first-order chi connectivity index (χ1) is 12.7. The Labute approximate surface area is 157 Å². The lowest BCUT2D eigenvalue weighted by Gasteiger charge is -2.16. The molecule has 1 atom stereocenters.